The maximum Gasteiger partial charge on any atom is 0.318 e. The molecule has 7 heteroatoms. The zero-order chi connectivity index (χ0) is 19.9. The van der Waals surface area contributed by atoms with Crippen LogP contribution in [0.25, 0.3) is 11.3 Å². The fraction of sp³-hybridized carbons (Fsp3) is 0.364. The lowest BCUT2D eigenvalue weighted by Gasteiger charge is -2.34. The van der Waals surface area contributed by atoms with Crippen LogP contribution in [0.1, 0.15) is 43.4 Å². The minimum absolute atomic E-state index is 0.0833. The van der Waals surface area contributed by atoms with Gasteiger partial charge in [-0.05, 0) is 36.6 Å². The molecule has 0 saturated heterocycles. The molecular formula is C22H25N5O2. The van der Waals surface area contributed by atoms with Crippen LogP contribution in [0.2, 0.25) is 0 Å². The van der Waals surface area contributed by atoms with Crippen LogP contribution in [0.4, 0.5) is 4.79 Å². The standard InChI is InChI=1S/C22H25N5O2/c28-22(25-15-20-12-21(26-29-20)18-7-5-11-24-14-18)27(19-8-2-1-3-9-19)16-17-6-4-10-23-13-17/h4-7,10-14,19H,1-3,8-9,15-16H2,(H,25,28). The van der Waals surface area contributed by atoms with Crippen molar-refractivity contribution in [2.45, 2.75) is 51.2 Å². The van der Waals surface area contributed by atoms with Crippen molar-refractivity contribution in [3.8, 4) is 11.3 Å². The van der Waals surface area contributed by atoms with E-state index in [2.05, 4.69) is 20.4 Å². The van der Waals surface area contributed by atoms with Gasteiger partial charge >= 0.3 is 6.03 Å². The Hall–Kier alpha value is -3.22. The number of carbonyl (C=O) groups is 1. The van der Waals surface area contributed by atoms with Gasteiger partial charge in [0.15, 0.2) is 5.76 Å². The Morgan fingerprint density at radius 3 is 2.62 bits per heavy atom. The maximum atomic E-state index is 13.0. The number of rotatable bonds is 6. The van der Waals surface area contributed by atoms with Crippen molar-refractivity contribution in [1.82, 2.24) is 25.3 Å². The first-order valence-electron chi connectivity index (χ1n) is 10.1. The first-order valence-corrected chi connectivity index (χ1v) is 10.1. The molecule has 0 radical (unpaired) electrons. The average Bonchev–Trinajstić information content (AvgIpc) is 3.27. The number of nitrogens with one attached hydrogen (secondary N) is 1. The lowest BCUT2D eigenvalue weighted by atomic mass is 9.94. The number of aromatic nitrogens is 3. The third-order valence-corrected chi connectivity index (χ3v) is 5.28. The van der Waals surface area contributed by atoms with E-state index in [1.54, 1.807) is 18.6 Å². The summed E-state index contributed by atoms with van der Waals surface area (Å²) in [5, 5.41) is 7.08. The van der Waals surface area contributed by atoms with Crippen LogP contribution in [0.5, 0.6) is 0 Å². The van der Waals surface area contributed by atoms with Gasteiger partial charge in [-0.2, -0.15) is 0 Å². The second-order valence-electron chi connectivity index (χ2n) is 7.36. The first kappa shape index (κ1) is 19.1. The Bertz CT molecular complexity index is 907. The number of pyridine rings is 2. The van der Waals surface area contributed by atoms with Crippen molar-refractivity contribution >= 4 is 6.03 Å². The highest BCUT2D eigenvalue weighted by Gasteiger charge is 2.25. The molecular weight excluding hydrogens is 366 g/mol. The molecule has 0 atom stereocenters. The quantitative estimate of drug-likeness (QED) is 0.681. The average molecular weight is 391 g/mol. The van der Waals surface area contributed by atoms with Crippen molar-refractivity contribution in [3.63, 3.8) is 0 Å². The Labute approximate surface area is 170 Å². The molecule has 7 nitrogen and oxygen atoms in total. The summed E-state index contributed by atoms with van der Waals surface area (Å²) in [7, 11) is 0. The fourth-order valence-electron chi connectivity index (χ4n) is 3.76. The highest BCUT2D eigenvalue weighted by Crippen LogP contribution is 2.24. The number of hydrogen-bond acceptors (Lipinski definition) is 5. The molecule has 0 spiro atoms. The van der Waals surface area contributed by atoms with Gasteiger partial charge in [-0.15, -0.1) is 0 Å². The summed E-state index contributed by atoms with van der Waals surface area (Å²) in [6, 6.07) is 9.69. The third kappa shape index (κ3) is 4.99. The monoisotopic (exact) mass is 391 g/mol. The van der Waals surface area contributed by atoms with E-state index in [1.165, 1.54) is 6.42 Å². The molecule has 150 valence electrons. The predicted octanol–water partition coefficient (Wildman–Crippen LogP) is 4.18. The highest BCUT2D eigenvalue weighted by atomic mass is 16.5. The number of hydrogen-bond donors (Lipinski definition) is 1. The van der Waals surface area contributed by atoms with E-state index in [4.69, 9.17) is 4.52 Å². The van der Waals surface area contributed by atoms with Crippen molar-refractivity contribution in [2.75, 3.05) is 0 Å². The van der Waals surface area contributed by atoms with Gasteiger partial charge in [0.1, 0.15) is 5.69 Å². The fourth-order valence-corrected chi connectivity index (χ4v) is 3.76. The van der Waals surface area contributed by atoms with E-state index in [0.717, 1.165) is 36.8 Å². The van der Waals surface area contributed by atoms with Crippen LogP contribution in [0.15, 0.2) is 59.6 Å². The van der Waals surface area contributed by atoms with Gasteiger partial charge in [-0.25, -0.2) is 4.79 Å². The molecule has 3 heterocycles. The molecule has 1 N–H and O–H groups in total. The predicted molar refractivity (Wildman–Crippen MR) is 109 cm³/mol. The van der Waals surface area contributed by atoms with Crippen LogP contribution in [-0.4, -0.2) is 32.1 Å². The van der Waals surface area contributed by atoms with Crippen LogP contribution in [0.3, 0.4) is 0 Å². The Balaban J connectivity index is 1.41. The van der Waals surface area contributed by atoms with Crippen LogP contribution < -0.4 is 5.32 Å². The van der Waals surface area contributed by atoms with Crippen LogP contribution >= 0.6 is 0 Å². The molecule has 0 aliphatic heterocycles. The third-order valence-electron chi connectivity index (χ3n) is 5.28. The summed E-state index contributed by atoms with van der Waals surface area (Å²) >= 11 is 0. The van der Waals surface area contributed by atoms with Gasteiger partial charge in [0.25, 0.3) is 0 Å². The zero-order valence-corrected chi connectivity index (χ0v) is 16.3. The van der Waals surface area contributed by atoms with Gasteiger partial charge < -0.3 is 14.7 Å². The van der Waals surface area contributed by atoms with E-state index in [9.17, 15) is 4.79 Å². The van der Waals surface area contributed by atoms with Crippen molar-refractivity contribution in [2.24, 2.45) is 0 Å². The molecule has 3 aromatic heterocycles. The van der Waals surface area contributed by atoms with E-state index < -0.39 is 0 Å². The molecule has 0 unspecified atom stereocenters. The van der Waals surface area contributed by atoms with E-state index in [1.807, 2.05) is 41.4 Å². The Morgan fingerprint density at radius 2 is 1.90 bits per heavy atom. The summed E-state index contributed by atoms with van der Waals surface area (Å²) in [6.45, 7) is 0.851. The highest BCUT2D eigenvalue weighted by molar-refractivity contribution is 5.74. The Morgan fingerprint density at radius 1 is 1.10 bits per heavy atom. The number of amides is 2. The number of nitrogens with zero attached hydrogens (tertiary/aromatic N) is 4. The Kier molecular flexibility index (Phi) is 6.14. The minimum Gasteiger partial charge on any atom is -0.359 e. The van der Waals surface area contributed by atoms with Crippen LogP contribution in [-0.2, 0) is 13.1 Å². The molecule has 0 aromatic carbocycles. The summed E-state index contributed by atoms with van der Waals surface area (Å²) in [5.41, 5.74) is 2.63. The topological polar surface area (TPSA) is 84.2 Å². The zero-order valence-electron chi connectivity index (χ0n) is 16.3. The van der Waals surface area contributed by atoms with E-state index in [-0.39, 0.29) is 12.1 Å². The number of urea groups is 1. The van der Waals surface area contributed by atoms with Gasteiger partial charge in [-0.3, -0.25) is 9.97 Å². The van der Waals surface area contributed by atoms with Gasteiger partial charge in [-0.1, -0.05) is 30.5 Å². The molecule has 2 amide bonds. The van der Waals surface area contributed by atoms with Gasteiger partial charge in [0, 0.05) is 49.0 Å². The van der Waals surface area contributed by atoms with E-state index >= 15 is 0 Å². The SMILES string of the molecule is O=C(NCc1cc(-c2cccnc2)no1)N(Cc1cccnc1)C1CCCCC1. The summed E-state index contributed by atoms with van der Waals surface area (Å²) in [4.78, 5) is 23.2. The van der Waals surface area contributed by atoms with Crippen molar-refractivity contribution in [3.05, 3.63) is 66.4 Å². The lowest BCUT2D eigenvalue weighted by molar-refractivity contribution is 0.149. The largest absolute Gasteiger partial charge is 0.359 e. The normalized spacial score (nSPS) is 14.5. The van der Waals surface area contributed by atoms with E-state index in [0.29, 0.717) is 24.5 Å². The molecule has 1 saturated carbocycles. The summed E-state index contributed by atoms with van der Waals surface area (Å²) in [5.74, 6) is 0.613. The van der Waals surface area contributed by atoms with Crippen molar-refractivity contribution < 1.29 is 9.32 Å². The summed E-state index contributed by atoms with van der Waals surface area (Å²) in [6.07, 6.45) is 12.7. The summed E-state index contributed by atoms with van der Waals surface area (Å²) < 4.78 is 5.39. The minimum atomic E-state index is -0.0833. The van der Waals surface area contributed by atoms with Gasteiger partial charge in [0.05, 0.1) is 6.54 Å². The van der Waals surface area contributed by atoms with Crippen molar-refractivity contribution in [1.29, 1.82) is 0 Å². The van der Waals surface area contributed by atoms with Crippen LogP contribution in [0, 0.1) is 0 Å². The maximum absolute atomic E-state index is 13.0. The molecule has 1 aliphatic rings. The molecule has 1 fully saturated rings. The lowest BCUT2D eigenvalue weighted by Crippen LogP contribution is -2.46. The second kappa shape index (κ2) is 9.32. The molecule has 29 heavy (non-hydrogen) atoms. The second-order valence-corrected chi connectivity index (χ2v) is 7.36. The first-order chi connectivity index (χ1) is 14.3. The molecule has 3 aromatic rings. The molecule has 1 aliphatic carbocycles. The van der Waals surface area contributed by atoms with Gasteiger partial charge in [0.2, 0.25) is 0 Å². The smallest absolute Gasteiger partial charge is 0.318 e. The molecule has 0 bridgehead atoms. The molecule has 4 rings (SSSR count). The number of carbonyl (C=O) groups excluding carboxylic acids is 1.